The molecule has 1 aromatic rings. The molecular formula is C15H22BClFNO3. The summed E-state index contributed by atoms with van der Waals surface area (Å²) in [4.78, 5) is 0. The predicted molar refractivity (Wildman–Crippen MR) is 85.6 cm³/mol. The van der Waals surface area contributed by atoms with Gasteiger partial charge in [0.1, 0.15) is 11.6 Å². The number of ether oxygens (including phenoxy) is 1. The molecular weight excluding hydrogens is 307 g/mol. The summed E-state index contributed by atoms with van der Waals surface area (Å²) in [5, 5.41) is 0.0706. The van der Waals surface area contributed by atoms with Crippen LogP contribution in [0.15, 0.2) is 18.2 Å². The predicted octanol–water partition coefficient (Wildman–Crippen LogP) is 3.21. The van der Waals surface area contributed by atoms with Gasteiger partial charge in [-0.1, -0.05) is 11.6 Å². The van der Waals surface area contributed by atoms with E-state index < -0.39 is 24.1 Å². The first-order chi connectivity index (χ1) is 10.1. The molecule has 22 heavy (non-hydrogen) atoms. The van der Waals surface area contributed by atoms with Crippen LogP contribution < -0.4 is 10.5 Å². The second kappa shape index (κ2) is 6.36. The Kier molecular flexibility index (Phi) is 5.07. The molecule has 2 N–H and O–H groups in total. The van der Waals surface area contributed by atoms with Gasteiger partial charge in [0.2, 0.25) is 0 Å². The van der Waals surface area contributed by atoms with Crippen LogP contribution in [0, 0.1) is 5.82 Å². The van der Waals surface area contributed by atoms with Crippen LogP contribution in [0.1, 0.15) is 34.1 Å². The monoisotopic (exact) mass is 329 g/mol. The molecule has 0 spiro atoms. The Morgan fingerprint density at radius 1 is 1.27 bits per heavy atom. The van der Waals surface area contributed by atoms with Gasteiger partial charge in [0, 0.05) is 12.0 Å². The zero-order valence-corrected chi connectivity index (χ0v) is 14.1. The van der Waals surface area contributed by atoms with Crippen LogP contribution in [0.5, 0.6) is 5.75 Å². The quantitative estimate of drug-likeness (QED) is 0.843. The molecule has 1 heterocycles. The van der Waals surface area contributed by atoms with Crippen LogP contribution in [0.2, 0.25) is 5.02 Å². The molecule has 122 valence electrons. The minimum atomic E-state index is -0.505. The zero-order chi connectivity index (χ0) is 16.5. The molecule has 0 amide bonds. The summed E-state index contributed by atoms with van der Waals surface area (Å²) >= 11 is 5.62. The van der Waals surface area contributed by atoms with Crippen molar-refractivity contribution in [2.24, 2.45) is 5.73 Å². The molecule has 0 aromatic heterocycles. The number of hydrogen-bond acceptors (Lipinski definition) is 4. The summed E-state index contributed by atoms with van der Waals surface area (Å²) in [5.41, 5.74) is 5.30. The van der Waals surface area contributed by atoms with Gasteiger partial charge in [-0.05, 0) is 46.2 Å². The van der Waals surface area contributed by atoms with E-state index in [9.17, 15) is 4.39 Å². The van der Waals surface area contributed by atoms with Crippen LogP contribution in [0.25, 0.3) is 0 Å². The van der Waals surface area contributed by atoms with Gasteiger partial charge in [0.05, 0.1) is 22.8 Å². The third-order valence-electron chi connectivity index (χ3n) is 4.23. The highest BCUT2D eigenvalue weighted by Crippen LogP contribution is 2.37. The van der Waals surface area contributed by atoms with Crippen molar-refractivity contribution in [2.45, 2.75) is 51.3 Å². The lowest BCUT2D eigenvalue weighted by Crippen LogP contribution is -2.42. The smallest absolute Gasteiger partial charge is 0.475 e. The largest absolute Gasteiger partial charge is 0.493 e. The fourth-order valence-corrected chi connectivity index (χ4v) is 2.20. The Balaban J connectivity index is 1.83. The highest BCUT2D eigenvalue weighted by Gasteiger charge is 2.52. The molecule has 0 saturated carbocycles. The highest BCUT2D eigenvalue weighted by atomic mass is 35.5. The van der Waals surface area contributed by atoms with Crippen molar-refractivity contribution < 1.29 is 18.4 Å². The standard InChI is InChI=1S/C15H22BClFNO3/c1-14(2)15(3,4)22-16(21-14)13(19)7-8-20-10-5-6-11(17)12(18)9-10/h5-6,9,13H,7-8,19H2,1-4H3/t13-/m1/s1. The van der Waals surface area contributed by atoms with E-state index in [4.69, 9.17) is 31.4 Å². The maximum absolute atomic E-state index is 13.3. The first kappa shape index (κ1) is 17.5. The summed E-state index contributed by atoms with van der Waals surface area (Å²) in [6, 6.07) is 4.33. The van der Waals surface area contributed by atoms with Gasteiger partial charge < -0.3 is 19.8 Å². The Hall–Kier alpha value is -0.815. The summed E-state index contributed by atoms with van der Waals surface area (Å²) in [5.74, 6) is -0.407. The average molecular weight is 330 g/mol. The van der Waals surface area contributed by atoms with Crippen LogP contribution >= 0.6 is 11.6 Å². The summed E-state index contributed by atoms with van der Waals surface area (Å²) < 4.78 is 30.6. The van der Waals surface area contributed by atoms with Gasteiger partial charge in [-0.25, -0.2) is 4.39 Å². The van der Waals surface area contributed by atoms with Crippen molar-refractivity contribution in [1.82, 2.24) is 0 Å². The van der Waals surface area contributed by atoms with E-state index in [0.29, 0.717) is 18.8 Å². The highest BCUT2D eigenvalue weighted by molar-refractivity contribution is 6.47. The van der Waals surface area contributed by atoms with Crippen LogP contribution in [0.4, 0.5) is 4.39 Å². The van der Waals surface area contributed by atoms with Crippen LogP contribution in [-0.2, 0) is 9.31 Å². The normalized spacial score (nSPS) is 21.0. The molecule has 4 nitrogen and oxygen atoms in total. The van der Waals surface area contributed by atoms with E-state index in [0.717, 1.165) is 0 Å². The summed E-state index contributed by atoms with van der Waals surface area (Å²) in [6.07, 6.45) is 0.529. The minimum absolute atomic E-state index is 0.0706. The third-order valence-corrected chi connectivity index (χ3v) is 4.54. The fraction of sp³-hybridized carbons (Fsp3) is 0.600. The molecule has 1 fully saturated rings. The van der Waals surface area contributed by atoms with Gasteiger partial charge in [-0.15, -0.1) is 0 Å². The van der Waals surface area contributed by atoms with Crippen molar-refractivity contribution in [1.29, 1.82) is 0 Å². The maximum Gasteiger partial charge on any atom is 0.475 e. The van der Waals surface area contributed by atoms with Crippen LogP contribution in [-0.4, -0.2) is 30.9 Å². The lowest BCUT2D eigenvalue weighted by Gasteiger charge is -2.32. The van der Waals surface area contributed by atoms with Crippen molar-refractivity contribution in [3.8, 4) is 5.75 Å². The first-order valence-electron chi connectivity index (χ1n) is 7.31. The van der Waals surface area contributed by atoms with Crippen molar-refractivity contribution in [2.75, 3.05) is 6.61 Å². The molecule has 7 heteroatoms. The first-order valence-corrected chi connectivity index (χ1v) is 7.69. The molecule has 0 unspecified atom stereocenters. The van der Waals surface area contributed by atoms with E-state index in [1.807, 2.05) is 27.7 Å². The Morgan fingerprint density at radius 3 is 2.41 bits per heavy atom. The number of nitrogens with two attached hydrogens (primary N) is 1. The molecule has 1 aliphatic heterocycles. The van der Waals surface area contributed by atoms with Crippen molar-refractivity contribution >= 4 is 18.7 Å². The number of hydrogen-bond donors (Lipinski definition) is 1. The third kappa shape index (κ3) is 3.74. The Bertz CT molecular complexity index is 526. The van der Waals surface area contributed by atoms with E-state index in [1.54, 1.807) is 6.07 Å². The van der Waals surface area contributed by atoms with Crippen molar-refractivity contribution in [3.63, 3.8) is 0 Å². The van der Waals surface area contributed by atoms with Gasteiger partial charge in [0.15, 0.2) is 0 Å². The fourth-order valence-electron chi connectivity index (χ4n) is 2.08. The molecule has 1 aliphatic rings. The van der Waals surface area contributed by atoms with Gasteiger partial charge in [-0.2, -0.15) is 0 Å². The maximum atomic E-state index is 13.3. The lowest BCUT2D eigenvalue weighted by atomic mass is 9.77. The topological polar surface area (TPSA) is 53.7 Å². The minimum Gasteiger partial charge on any atom is -0.493 e. The Morgan fingerprint density at radius 2 is 1.86 bits per heavy atom. The lowest BCUT2D eigenvalue weighted by molar-refractivity contribution is 0.00578. The summed E-state index contributed by atoms with van der Waals surface area (Å²) in [6.45, 7) is 8.26. The second-order valence-electron chi connectivity index (χ2n) is 6.50. The number of benzene rings is 1. The number of halogens is 2. The molecule has 0 bridgehead atoms. The Labute approximate surface area is 136 Å². The molecule has 1 aromatic carbocycles. The van der Waals surface area contributed by atoms with Crippen LogP contribution in [0.3, 0.4) is 0 Å². The van der Waals surface area contributed by atoms with E-state index >= 15 is 0 Å². The summed E-state index contributed by atoms with van der Waals surface area (Å²) in [7, 11) is -0.476. The van der Waals surface area contributed by atoms with Gasteiger partial charge in [-0.3, -0.25) is 0 Å². The zero-order valence-electron chi connectivity index (χ0n) is 13.4. The van der Waals surface area contributed by atoms with Gasteiger partial charge in [0.25, 0.3) is 0 Å². The number of rotatable bonds is 5. The molecule has 0 radical (unpaired) electrons. The molecule has 1 atom stereocenters. The van der Waals surface area contributed by atoms with E-state index in [1.165, 1.54) is 12.1 Å². The second-order valence-corrected chi connectivity index (χ2v) is 6.91. The average Bonchev–Trinajstić information content (AvgIpc) is 2.63. The SMILES string of the molecule is CC1(C)OB([C@H](N)CCOc2ccc(Cl)c(F)c2)OC1(C)C. The van der Waals surface area contributed by atoms with E-state index in [-0.39, 0.29) is 11.0 Å². The van der Waals surface area contributed by atoms with Crippen molar-refractivity contribution in [3.05, 3.63) is 29.0 Å². The van der Waals surface area contributed by atoms with Gasteiger partial charge >= 0.3 is 7.12 Å². The molecule has 2 rings (SSSR count). The molecule has 1 saturated heterocycles. The molecule has 0 aliphatic carbocycles. The van der Waals surface area contributed by atoms with E-state index in [2.05, 4.69) is 0 Å².